The van der Waals surface area contributed by atoms with Gasteiger partial charge in [0.2, 0.25) is 5.91 Å². The van der Waals surface area contributed by atoms with Gasteiger partial charge < -0.3 is 5.73 Å². The zero-order valence-electron chi connectivity index (χ0n) is 18.4. The number of hydrogen-bond acceptors (Lipinski definition) is 4. The standard InChI is InChI=1S/C24H25Cl2N5O2/c1-14-5-7-16(8-6-14)23-15(2)22(28-31(23)20-10-9-17(25)12-19(20)26)24(33)29-30-11-3-4-18(30)13-21(27)32/h5-10,12,18H,3-4,11,13H2,1-2H3,(H2,27,32)(H,29,33). The summed E-state index contributed by atoms with van der Waals surface area (Å²) in [4.78, 5) is 24.7. The fourth-order valence-electron chi connectivity index (χ4n) is 4.20. The number of rotatable bonds is 6. The van der Waals surface area contributed by atoms with E-state index in [9.17, 15) is 9.59 Å². The molecule has 4 rings (SSSR count). The van der Waals surface area contributed by atoms with Crippen molar-refractivity contribution in [2.24, 2.45) is 5.73 Å². The molecule has 3 N–H and O–H groups in total. The van der Waals surface area contributed by atoms with Crippen LogP contribution in [-0.4, -0.2) is 39.2 Å². The molecule has 2 amide bonds. The first kappa shape index (κ1) is 23.3. The molecular formula is C24H25Cl2N5O2. The Labute approximate surface area is 202 Å². The normalized spacial score (nSPS) is 16.2. The predicted octanol–water partition coefficient (Wildman–Crippen LogP) is 4.45. The Morgan fingerprint density at radius 2 is 1.88 bits per heavy atom. The number of primary amides is 1. The molecule has 3 aromatic rings. The molecule has 1 saturated heterocycles. The molecule has 2 aromatic carbocycles. The van der Waals surface area contributed by atoms with Gasteiger partial charge in [-0.2, -0.15) is 5.10 Å². The number of nitrogens with one attached hydrogen (secondary N) is 1. The van der Waals surface area contributed by atoms with Gasteiger partial charge >= 0.3 is 0 Å². The number of aromatic nitrogens is 2. The molecule has 0 radical (unpaired) electrons. The van der Waals surface area contributed by atoms with Crippen LogP contribution in [0.1, 0.15) is 40.9 Å². The van der Waals surface area contributed by atoms with Gasteiger partial charge in [0, 0.05) is 35.2 Å². The first-order chi connectivity index (χ1) is 15.7. The van der Waals surface area contributed by atoms with Crippen molar-refractivity contribution in [3.63, 3.8) is 0 Å². The van der Waals surface area contributed by atoms with Gasteiger partial charge in [0.25, 0.3) is 5.91 Å². The number of aryl methyl sites for hydroxylation is 1. The molecule has 1 aromatic heterocycles. The molecule has 1 unspecified atom stereocenters. The van der Waals surface area contributed by atoms with Crippen molar-refractivity contribution in [3.8, 4) is 16.9 Å². The van der Waals surface area contributed by atoms with Gasteiger partial charge in [0.15, 0.2) is 5.69 Å². The van der Waals surface area contributed by atoms with Crippen LogP contribution in [0.25, 0.3) is 16.9 Å². The lowest BCUT2D eigenvalue weighted by molar-refractivity contribution is -0.119. The van der Waals surface area contributed by atoms with Crippen molar-refractivity contribution in [2.75, 3.05) is 6.54 Å². The minimum atomic E-state index is -0.388. The zero-order chi connectivity index (χ0) is 23.7. The Kier molecular flexibility index (Phi) is 6.74. The first-order valence-corrected chi connectivity index (χ1v) is 11.5. The van der Waals surface area contributed by atoms with Gasteiger partial charge in [0.1, 0.15) is 0 Å². The van der Waals surface area contributed by atoms with E-state index in [1.54, 1.807) is 27.9 Å². The SMILES string of the molecule is Cc1ccc(-c2c(C)c(C(=O)NN3CCCC3CC(N)=O)nn2-c2ccc(Cl)cc2Cl)cc1. The van der Waals surface area contributed by atoms with E-state index in [-0.39, 0.29) is 30.0 Å². The highest BCUT2D eigenvalue weighted by molar-refractivity contribution is 6.35. The number of carbonyl (C=O) groups excluding carboxylic acids is 2. The molecule has 0 spiro atoms. The topological polar surface area (TPSA) is 93.2 Å². The van der Waals surface area contributed by atoms with Crippen molar-refractivity contribution in [3.05, 3.63) is 69.3 Å². The van der Waals surface area contributed by atoms with Crippen LogP contribution in [0.3, 0.4) is 0 Å². The van der Waals surface area contributed by atoms with E-state index in [2.05, 4.69) is 10.5 Å². The molecule has 7 nitrogen and oxygen atoms in total. The van der Waals surface area contributed by atoms with Gasteiger partial charge in [-0.3, -0.25) is 15.0 Å². The fourth-order valence-corrected chi connectivity index (χ4v) is 4.69. The molecule has 0 saturated carbocycles. The number of nitrogens with zero attached hydrogens (tertiary/aromatic N) is 3. The lowest BCUT2D eigenvalue weighted by Gasteiger charge is -2.23. The maximum atomic E-state index is 13.3. The van der Waals surface area contributed by atoms with Crippen molar-refractivity contribution < 1.29 is 9.59 Å². The van der Waals surface area contributed by atoms with Crippen LogP contribution in [0.4, 0.5) is 0 Å². The molecule has 1 fully saturated rings. The Morgan fingerprint density at radius 3 is 2.55 bits per heavy atom. The molecule has 9 heteroatoms. The molecular weight excluding hydrogens is 461 g/mol. The number of carbonyl (C=O) groups is 2. The molecule has 172 valence electrons. The second-order valence-corrected chi connectivity index (χ2v) is 9.14. The largest absolute Gasteiger partial charge is 0.370 e. The monoisotopic (exact) mass is 485 g/mol. The summed E-state index contributed by atoms with van der Waals surface area (Å²) in [5.41, 5.74) is 12.7. The highest BCUT2D eigenvalue weighted by Crippen LogP contribution is 2.33. The second kappa shape index (κ2) is 9.55. The summed E-state index contributed by atoms with van der Waals surface area (Å²) in [6, 6.07) is 13.0. The van der Waals surface area contributed by atoms with E-state index in [0.717, 1.165) is 29.7 Å². The summed E-state index contributed by atoms with van der Waals surface area (Å²) in [5.74, 6) is -0.735. The van der Waals surface area contributed by atoms with Gasteiger partial charge in [-0.15, -0.1) is 0 Å². The van der Waals surface area contributed by atoms with Crippen LogP contribution in [0.5, 0.6) is 0 Å². The third-order valence-electron chi connectivity index (χ3n) is 5.86. The van der Waals surface area contributed by atoms with Crippen molar-refractivity contribution >= 4 is 35.0 Å². The van der Waals surface area contributed by atoms with Gasteiger partial charge in [-0.25, -0.2) is 9.69 Å². The van der Waals surface area contributed by atoms with E-state index >= 15 is 0 Å². The number of halogens is 2. The average molecular weight is 486 g/mol. The third kappa shape index (κ3) is 4.90. The Hall–Kier alpha value is -2.87. The maximum absolute atomic E-state index is 13.3. The zero-order valence-corrected chi connectivity index (χ0v) is 20.0. The summed E-state index contributed by atoms with van der Waals surface area (Å²) < 4.78 is 1.68. The highest BCUT2D eigenvalue weighted by Gasteiger charge is 2.30. The molecule has 1 aliphatic rings. The predicted molar refractivity (Wildman–Crippen MR) is 129 cm³/mol. The van der Waals surface area contributed by atoms with E-state index in [0.29, 0.717) is 27.8 Å². The smallest absolute Gasteiger partial charge is 0.286 e. The molecule has 33 heavy (non-hydrogen) atoms. The summed E-state index contributed by atoms with van der Waals surface area (Å²) in [6.45, 7) is 4.53. The van der Waals surface area contributed by atoms with Crippen LogP contribution in [0.15, 0.2) is 42.5 Å². The van der Waals surface area contributed by atoms with Gasteiger partial charge in [-0.1, -0.05) is 53.0 Å². The Balaban J connectivity index is 1.75. The van der Waals surface area contributed by atoms with E-state index in [4.69, 9.17) is 28.9 Å². The molecule has 2 heterocycles. The summed E-state index contributed by atoms with van der Waals surface area (Å²) in [7, 11) is 0. The van der Waals surface area contributed by atoms with Crippen LogP contribution >= 0.6 is 23.2 Å². The number of hydrazine groups is 1. The number of hydrogen-bond donors (Lipinski definition) is 2. The van der Waals surface area contributed by atoms with Crippen molar-refractivity contribution in [1.82, 2.24) is 20.2 Å². The van der Waals surface area contributed by atoms with Crippen molar-refractivity contribution in [1.29, 1.82) is 0 Å². The quantitative estimate of drug-likeness (QED) is 0.539. The van der Waals surface area contributed by atoms with E-state index < -0.39 is 0 Å². The summed E-state index contributed by atoms with van der Waals surface area (Å²) >= 11 is 12.6. The molecule has 0 aliphatic carbocycles. The van der Waals surface area contributed by atoms with E-state index in [1.807, 2.05) is 38.1 Å². The van der Waals surface area contributed by atoms with Crippen LogP contribution < -0.4 is 11.2 Å². The maximum Gasteiger partial charge on any atom is 0.286 e. The highest BCUT2D eigenvalue weighted by atomic mass is 35.5. The van der Waals surface area contributed by atoms with Gasteiger partial charge in [-0.05, 0) is 44.9 Å². The second-order valence-electron chi connectivity index (χ2n) is 8.30. The first-order valence-electron chi connectivity index (χ1n) is 10.7. The summed E-state index contributed by atoms with van der Waals surface area (Å²) in [5, 5.41) is 7.37. The minimum Gasteiger partial charge on any atom is -0.370 e. The molecule has 1 aliphatic heterocycles. The Morgan fingerprint density at radius 1 is 1.15 bits per heavy atom. The van der Waals surface area contributed by atoms with Gasteiger partial charge in [0.05, 0.1) is 16.4 Å². The van der Waals surface area contributed by atoms with Crippen LogP contribution in [0, 0.1) is 13.8 Å². The molecule has 1 atom stereocenters. The number of benzene rings is 2. The number of nitrogens with two attached hydrogens (primary N) is 1. The summed E-state index contributed by atoms with van der Waals surface area (Å²) in [6.07, 6.45) is 1.87. The third-order valence-corrected chi connectivity index (χ3v) is 6.40. The fraction of sp³-hybridized carbons (Fsp3) is 0.292. The Bertz CT molecular complexity index is 1210. The van der Waals surface area contributed by atoms with Crippen LogP contribution in [0.2, 0.25) is 10.0 Å². The van der Waals surface area contributed by atoms with Crippen molar-refractivity contribution in [2.45, 2.75) is 39.2 Å². The van der Waals surface area contributed by atoms with Crippen LogP contribution in [-0.2, 0) is 4.79 Å². The lowest BCUT2D eigenvalue weighted by Crippen LogP contribution is -2.46. The minimum absolute atomic E-state index is 0.115. The molecule has 0 bridgehead atoms. The number of amides is 2. The average Bonchev–Trinajstić information content (AvgIpc) is 3.32. The lowest BCUT2D eigenvalue weighted by atomic mass is 10.0. The van der Waals surface area contributed by atoms with E-state index in [1.165, 1.54) is 0 Å².